The van der Waals surface area contributed by atoms with Gasteiger partial charge in [-0.3, -0.25) is 76.7 Å². The fourth-order valence-corrected chi connectivity index (χ4v) is 9.16. The average Bonchev–Trinajstić information content (AvgIpc) is 0.814. The summed E-state index contributed by atoms with van der Waals surface area (Å²) in [6.45, 7) is 31.3. The summed E-state index contributed by atoms with van der Waals surface area (Å²) in [5.41, 5.74) is -8.16. The molecule has 0 aliphatic heterocycles. The molecule has 8 rings (SSSR count). The Morgan fingerprint density at radius 3 is 1.17 bits per heavy atom. The number of aromatic amines is 3. The first-order valence-electron chi connectivity index (χ1n) is 36.4. The third-order valence-electron chi connectivity index (χ3n) is 14.3. The molecular formula is C79H98Cl2F2N12O29. The van der Waals surface area contributed by atoms with Crippen molar-refractivity contribution in [2.75, 3.05) is 0 Å². The Hall–Kier alpha value is -14.5. The van der Waals surface area contributed by atoms with Gasteiger partial charge in [-0.15, -0.1) is 0 Å². The summed E-state index contributed by atoms with van der Waals surface area (Å²) in [6.07, 6.45) is 5.19. The number of phenols is 4. The molecule has 0 aliphatic rings. The van der Waals surface area contributed by atoms with Gasteiger partial charge < -0.3 is 114 Å². The van der Waals surface area contributed by atoms with E-state index in [0.717, 1.165) is 49.1 Å². The minimum atomic E-state index is -1.50. The fourth-order valence-electron chi connectivity index (χ4n) is 8.66. The standard InChI is InChI=1S/C13H16O4.C12H14O4.C9H11ClN2O4.C9H11ClN2O3.C9H11FN2O4.C9H11FN2O3.C9H12N2O4.C9H12N2O3/c1-13(2,3)7-11(16)12(17)8-4-5-9(14)10(15)6-8;1-12(2,3)11(16)10(15)7-4-5-8(13)9(14)6-7;1-4(2)11-9(15)7-6(10)8(14)5(13)3-12(7)16;1-4(2)12-9(15)7-6(10)8(14)5(13)3-11-7;1-4(2)11-9(15)7-6(10)8(14)5(13)3-12(7)16;1-4(2)12-9(15)7-6(10)8(14)5(13)3-11-7;1-5(2)10-9(14)6-3-7(12)8(13)4-11(6)15;1-5(2)11-9(14)6-3-7(12)8(13)4-10-6/h4-6,14-15H,7H2,1-3H3;4-6,13-14H,1-3H3;3-4,13,16H,1-2H3,(H,11,15);3-4,13H,1-2H3,(H,11,14)(H,12,15);3-4,13,16H,1-2H3,(H,11,15);3-4,13H,1-2H3,(H,11,14)(H,12,15);3-5,13,15H,1-2H3,(H,10,14);3-5,13H,1-2H3,(H,10,12)(H,11,14). The number of carbonyl (C=O) groups is 10. The number of aromatic nitrogens is 6. The molecular weight excluding hydrogens is 1690 g/mol. The Balaban J connectivity index is 0.000000709. The lowest BCUT2D eigenvalue weighted by Gasteiger charge is -2.16. The zero-order valence-corrected chi connectivity index (χ0v) is 71.5. The average molecular weight is 1790 g/mol. The molecule has 0 radical (unpaired) electrons. The van der Waals surface area contributed by atoms with Crippen LogP contribution in [0.4, 0.5) is 8.78 Å². The number of carbonyl (C=O) groups excluding carboxylic acids is 10. The molecule has 8 aromatic rings. The maximum absolute atomic E-state index is 13.3. The molecule has 6 heterocycles. The molecule has 0 spiro atoms. The quantitative estimate of drug-likeness (QED) is 0.0208. The van der Waals surface area contributed by atoms with Gasteiger partial charge in [-0.25, -0.2) is 0 Å². The van der Waals surface area contributed by atoms with Gasteiger partial charge in [-0.1, -0.05) is 64.7 Å². The number of rotatable bonds is 17. The van der Waals surface area contributed by atoms with Crippen molar-refractivity contribution >= 4 is 81.8 Å². The number of nitrogens with one attached hydrogen (secondary N) is 9. The molecule has 6 amide bonds. The van der Waals surface area contributed by atoms with Gasteiger partial charge >= 0.3 is 0 Å². The predicted molar refractivity (Wildman–Crippen MR) is 442 cm³/mol. The Bertz CT molecular complexity index is 5420. The number of hydrogen-bond acceptors (Lipinski definition) is 29. The highest BCUT2D eigenvalue weighted by atomic mass is 35.5. The summed E-state index contributed by atoms with van der Waals surface area (Å²) in [6, 6.07) is 8.30. The first kappa shape index (κ1) is 107. The van der Waals surface area contributed by atoms with Gasteiger partial charge in [0.1, 0.15) is 32.8 Å². The molecule has 0 bridgehead atoms. The van der Waals surface area contributed by atoms with Crippen LogP contribution in [-0.4, -0.2) is 191 Å². The van der Waals surface area contributed by atoms with E-state index in [2.05, 4.69) is 46.9 Å². The normalized spacial score (nSPS) is 10.6. The molecule has 0 saturated carbocycles. The van der Waals surface area contributed by atoms with Crippen LogP contribution in [0, 0.1) is 22.5 Å². The number of phenolic OH excluding ortho intramolecular Hbond substituents is 4. The highest BCUT2D eigenvalue weighted by molar-refractivity contribution is 6.45. The summed E-state index contributed by atoms with van der Waals surface area (Å²) in [4.78, 5) is 189. The van der Waals surface area contributed by atoms with Crippen molar-refractivity contribution in [2.24, 2.45) is 10.8 Å². The molecule has 124 heavy (non-hydrogen) atoms. The second-order valence-corrected chi connectivity index (χ2v) is 30.8. The van der Waals surface area contributed by atoms with Crippen molar-refractivity contribution in [3.8, 4) is 57.5 Å². The molecule has 6 aromatic heterocycles. The molecule has 45 heteroatoms. The van der Waals surface area contributed by atoms with E-state index in [-0.39, 0.29) is 103 Å². The van der Waals surface area contributed by atoms with Crippen LogP contribution in [-0.2, 0) is 9.59 Å². The van der Waals surface area contributed by atoms with Crippen LogP contribution < -0.4 is 64.5 Å². The first-order chi connectivity index (χ1) is 56.9. The van der Waals surface area contributed by atoms with Crippen molar-refractivity contribution in [1.29, 1.82) is 0 Å². The van der Waals surface area contributed by atoms with E-state index < -0.39 is 170 Å². The van der Waals surface area contributed by atoms with Crippen molar-refractivity contribution in [3.05, 3.63) is 214 Å². The van der Waals surface area contributed by atoms with Crippen LogP contribution in [0.1, 0.15) is 215 Å². The molecule has 22 N–H and O–H groups in total. The zero-order chi connectivity index (χ0) is 96.1. The van der Waals surface area contributed by atoms with Gasteiger partial charge in [0.25, 0.3) is 46.3 Å². The summed E-state index contributed by atoms with van der Waals surface area (Å²) < 4.78 is 27.3. The van der Waals surface area contributed by atoms with Gasteiger partial charge in [0.15, 0.2) is 68.9 Å². The molecule has 0 aliphatic carbocycles. The summed E-state index contributed by atoms with van der Waals surface area (Å²) in [5.74, 6) is -14.3. The minimum Gasteiger partial charge on any atom is -0.504 e. The molecule has 0 unspecified atom stereocenters. The van der Waals surface area contributed by atoms with E-state index in [0.29, 0.717) is 21.9 Å². The van der Waals surface area contributed by atoms with Crippen molar-refractivity contribution in [2.45, 2.75) is 167 Å². The molecule has 0 atom stereocenters. The number of H-pyrrole nitrogens is 3. The van der Waals surface area contributed by atoms with Crippen molar-refractivity contribution in [1.82, 2.24) is 61.0 Å². The van der Waals surface area contributed by atoms with E-state index in [1.165, 1.54) is 24.3 Å². The SMILES string of the molecule is CC(C)(C)C(=O)C(=O)c1ccc(O)c(O)c1.CC(C)(C)CC(=O)C(=O)c1ccc(O)c(O)c1.CC(C)NC(=O)c1[nH]cc(O)c(=O)c1Cl.CC(C)NC(=O)c1[nH]cc(O)c(=O)c1F.CC(C)NC(=O)c1c(Cl)c(=O)c(O)cn1O.CC(C)NC(=O)c1c(F)c(=O)c(O)cn1O.CC(C)NC(=O)c1cc(=O)c(O)c[nH]1.CC(C)NC(=O)c1cc(=O)c(O)cn1O. The topological polar surface area (TPSA) is 670 Å². The number of aromatic hydroxyl groups is 10. The van der Waals surface area contributed by atoms with Crippen molar-refractivity contribution in [3.63, 3.8) is 0 Å². The number of ketones is 4. The van der Waals surface area contributed by atoms with E-state index in [1.54, 1.807) is 90.0 Å². The number of Topliss-reactive ketones (excluding diaryl/α,β-unsaturated/α-hetero) is 4. The molecule has 41 nitrogen and oxygen atoms in total. The van der Waals surface area contributed by atoms with Crippen LogP contribution >= 0.6 is 23.2 Å². The summed E-state index contributed by atoms with van der Waals surface area (Å²) >= 11 is 11.2. The van der Waals surface area contributed by atoms with E-state index >= 15 is 0 Å². The number of nitrogens with zero attached hydrogens (tertiary/aromatic N) is 3. The second kappa shape index (κ2) is 47.5. The Kier molecular flexibility index (Phi) is 41.1. The maximum atomic E-state index is 13.3. The van der Waals surface area contributed by atoms with E-state index in [1.807, 2.05) is 34.6 Å². The number of halogens is 4. The smallest absolute Gasteiger partial charge is 0.274 e. The molecule has 0 saturated heterocycles. The van der Waals surface area contributed by atoms with Crippen LogP contribution in [0.25, 0.3) is 0 Å². The van der Waals surface area contributed by atoms with Gasteiger partial charge in [-0.05, 0) is 125 Å². The number of amides is 6. The molecule has 676 valence electrons. The Labute approximate surface area is 712 Å². The van der Waals surface area contributed by atoms with Crippen molar-refractivity contribution < 1.29 is 123 Å². The van der Waals surface area contributed by atoms with Crippen LogP contribution in [0.5, 0.6) is 57.5 Å². The van der Waals surface area contributed by atoms with Gasteiger partial charge in [0.2, 0.25) is 56.5 Å². The highest BCUT2D eigenvalue weighted by Gasteiger charge is 2.31. The Morgan fingerprint density at radius 2 is 0.734 bits per heavy atom. The molecule has 2 aromatic carbocycles. The van der Waals surface area contributed by atoms with E-state index in [9.17, 15) is 111 Å². The number of hydrogen-bond donors (Lipinski definition) is 22. The number of pyridine rings is 6. The van der Waals surface area contributed by atoms with Crippen LogP contribution in [0.3, 0.4) is 0 Å². The summed E-state index contributed by atoms with van der Waals surface area (Å²) in [7, 11) is 0. The maximum Gasteiger partial charge on any atom is 0.274 e. The molecule has 0 fully saturated rings. The second-order valence-electron chi connectivity index (χ2n) is 30.0. The third-order valence-corrected chi connectivity index (χ3v) is 15.0. The predicted octanol–water partition coefficient (Wildman–Crippen LogP) is 6.21. The van der Waals surface area contributed by atoms with Crippen LogP contribution in [0.2, 0.25) is 10.0 Å². The monoisotopic (exact) mass is 1790 g/mol. The largest absolute Gasteiger partial charge is 0.504 e. The van der Waals surface area contributed by atoms with Gasteiger partial charge in [-0.2, -0.15) is 23.0 Å². The van der Waals surface area contributed by atoms with Crippen LogP contribution in [0.15, 0.2) is 114 Å². The zero-order valence-electron chi connectivity index (χ0n) is 70.0. The first-order valence-corrected chi connectivity index (χ1v) is 37.2. The lowest BCUT2D eigenvalue weighted by molar-refractivity contribution is -0.121. The third kappa shape index (κ3) is 33.9. The highest BCUT2D eigenvalue weighted by Crippen LogP contribution is 2.29. The number of benzene rings is 2. The van der Waals surface area contributed by atoms with E-state index in [4.69, 9.17) is 64.1 Å². The fraction of sp³-hybridized carbons (Fsp3) is 0.342. The summed E-state index contributed by atoms with van der Waals surface area (Å²) in [5, 5.41) is 132. The Morgan fingerprint density at radius 1 is 0.379 bits per heavy atom. The lowest BCUT2D eigenvalue weighted by atomic mass is 9.86. The van der Waals surface area contributed by atoms with Gasteiger partial charge in [0.05, 0.1) is 18.6 Å². The van der Waals surface area contributed by atoms with Gasteiger partial charge in [0, 0.05) is 89.9 Å². The lowest BCUT2D eigenvalue weighted by Crippen LogP contribution is -2.34. The minimum absolute atomic E-state index is 0.000180.